The molecule has 1 atom stereocenters. The van der Waals surface area contributed by atoms with Gasteiger partial charge in [-0.25, -0.2) is 0 Å². The first-order valence-electron chi connectivity index (χ1n) is 6.59. The van der Waals surface area contributed by atoms with Crippen LogP contribution in [-0.4, -0.2) is 11.2 Å². The van der Waals surface area contributed by atoms with E-state index in [4.69, 9.17) is 0 Å². The van der Waals surface area contributed by atoms with Crippen LogP contribution in [0.3, 0.4) is 0 Å². The lowest BCUT2D eigenvalue weighted by atomic mass is 9.94. The van der Waals surface area contributed by atoms with Crippen LogP contribution in [0.25, 0.3) is 0 Å². The van der Waals surface area contributed by atoms with E-state index in [0.29, 0.717) is 0 Å². The third-order valence-electron chi connectivity index (χ3n) is 3.72. The van der Waals surface area contributed by atoms with Gasteiger partial charge in [0.25, 0.3) is 0 Å². The average molecular weight is 230 g/mol. The molecule has 1 unspecified atom stereocenters. The van der Waals surface area contributed by atoms with Crippen molar-refractivity contribution in [3.05, 3.63) is 46.5 Å². The summed E-state index contributed by atoms with van der Waals surface area (Å²) in [6.45, 7) is 4.35. The maximum atomic E-state index is 9.80. The van der Waals surface area contributed by atoms with Gasteiger partial charge in [-0.3, -0.25) is 0 Å². The average Bonchev–Trinajstić information content (AvgIpc) is 2.48. The van der Waals surface area contributed by atoms with E-state index in [0.717, 1.165) is 25.7 Å². The predicted octanol–water partition coefficient (Wildman–Crippen LogP) is 3.71. The third-order valence-corrected chi connectivity index (χ3v) is 3.72. The zero-order chi connectivity index (χ0) is 12.3. The zero-order valence-electron chi connectivity index (χ0n) is 10.9. The minimum absolute atomic E-state index is 0.225. The first-order valence-corrected chi connectivity index (χ1v) is 6.59. The monoisotopic (exact) mass is 230 g/mol. The van der Waals surface area contributed by atoms with Crippen molar-refractivity contribution in [2.75, 3.05) is 0 Å². The molecule has 1 N–H and O–H groups in total. The molecular weight excluding hydrogens is 208 g/mol. The summed E-state index contributed by atoms with van der Waals surface area (Å²) in [5.74, 6) is 0. The highest BCUT2D eigenvalue weighted by atomic mass is 16.3. The highest BCUT2D eigenvalue weighted by Gasteiger charge is 2.11. The van der Waals surface area contributed by atoms with Crippen LogP contribution in [0.1, 0.15) is 42.4 Å². The molecule has 0 fully saturated rings. The highest BCUT2D eigenvalue weighted by Crippen LogP contribution is 2.24. The molecule has 0 saturated carbocycles. The van der Waals surface area contributed by atoms with Gasteiger partial charge in [0.2, 0.25) is 0 Å². The summed E-state index contributed by atoms with van der Waals surface area (Å²) in [4.78, 5) is 0. The number of aliphatic hydroxyl groups excluding tert-OH is 1. The highest BCUT2D eigenvalue weighted by molar-refractivity contribution is 5.36. The summed E-state index contributed by atoms with van der Waals surface area (Å²) >= 11 is 0. The van der Waals surface area contributed by atoms with Crippen LogP contribution >= 0.6 is 0 Å². The van der Waals surface area contributed by atoms with Crippen LogP contribution in [0.15, 0.2) is 29.8 Å². The molecule has 0 aromatic heterocycles. The molecule has 1 nitrogen and oxygen atoms in total. The molecule has 1 aromatic carbocycles. The fourth-order valence-corrected chi connectivity index (χ4v) is 2.65. The van der Waals surface area contributed by atoms with Gasteiger partial charge in [0.15, 0.2) is 0 Å². The number of hydrogen-bond donors (Lipinski definition) is 1. The lowest BCUT2D eigenvalue weighted by Gasteiger charge is -2.12. The summed E-state index contributed by atoms with van der Waals surface area (Å²) in [5, 5.41) is 9.80. The van der Waals surface area contributed by atoms with Gasteiger partial charge in [-0.05, 0) is 56.2 Å². The molecule has 0 aliphatic heterocycles. The molecule has 0 saturated heterocycles. The first kappa shape index (κ1) is 12.4. The molecule has 0 spiro atoms. The Hall–Kier alpha value is -1.08. The van der Waals surface area contributed by atoms with Crippen molar-refractivity contribution < 1.29 is 5.11 Å². The quantitative estimate of drug-likeness (QED) is 0.768. The van der Waals surface area contributed by atoms with Gasteiger partial charge in [0.05, 0.1) is 6.10 Å². The normalized spacial score (nSPS) is 20.9. The second kappa shape index (κ2) is 5.50. The maximum Gasteiger partial charge on any atom is 0.0723 e. The van der Waals surface area contributed by atoms with E-state index < -0.39 is 0 Å². The molecule has 0 amide bonds. The minimum Gasteiger partial charge on any atom is -0.389 e. The third kappa shape index (κ3) is 3.19. The molecular formula is C16H22O. The molecule has 0 bridgehead atoms. The van der Waals surface area contributed by atoms with Crippen LogP contribution < -0.4 is 0 Å². The molecule has 2 rings (SSSR count). The lowest BCUT2D eigenvalue weighted by molar-refractivity contribution is 0.211. The Balaban J connectivity index is 2.19. The van der Waals surface area contributed by atoms with E-state index >= 15 is 0 Å². The Morgan fingerprint density at radius 3 is 2.59 bits per heavy atom. The molecule has 0 heterocycles. The van der Waals surface area contributed by atoms with Crippen molar-refractivity contribution in [1.82, 2.24) is 0 Å². The molecule has 1 heteroatoms. The van der Waals surface area contributed by atoms with E-state index in [1.54, 1.807) is 0 Å². The summed E-state index contributed by atoms with van der Waals surface area (Å²) < 4.78 is 0. The Morgan fingerprint density at radius 1 is 1.18 bits per heavy atom. The van der Waals surface area contributed by atoms with Crippen LogP contribution in [0.4, 0.5) is 0 Å². The molecule has 0 radical (unpaired) electrons. The molecule has 92 valence electrons. The molecule has 1 aromatic rings. The second-order valence-electron chi connectivity index (χ2n) is 5.19. The Morgan fingerprint density at radius 2 is 1.88 bits per heavy atom. The van der Waals surface area contributed by atoms with Gasteiger partial charge < -0.3 is 5.11 Å². The fourth-order valence-electron chi connectivity index (χ4n) is 2.65. The number of aryl methyl sites for hydroxylation is 2. The van der Waals surface area contributed by atoms with Crippen molar-refractivity contribution in [1.29, 1.82) is 0 Å². The number of aliphatic hydroxyl groups is 1. The van der Waals surface area contributed by atoms with Crippen LogP contribution in [0, 0.1) is 13.8 Å². The van der Waals surface area contributed by atoms with Crippen molar-refractivity contribution >= 4 is 0 Å². The molecule has 1 aliphatic carbocycles. The van der Waals surface area contributed by atoms with Gasteiger partial charge in [0.1, 0.15) is 0 Å². The second-order valence-corrected chi connectivity index (χ2v) is 5.19. The SMILES string of the molecule is Cc1cccc(C)c1CC1=CC(O)CCCC1. The topological polar surface area (TPSA) is 20.2 Å². The Bertz CT molecular complexity index is 397. The van der Waals surface area contributed by atoms with Gasteiger partial charge in [-0.1, -0.05) is 36.3 Å². The van der Waals surface area contributed by atoms with E-state index in [9.17, 15) is 5.11 Å². The van der Waals surface area contributed by atoms with Gasteiger partial charge in [0, 0.05) is 0 Å². The van der Waals surface area contributed by atoms with Crippen LogP contribution in [0.2, 0.25) is 0 Å². The number of allylic oxidation sites excluding steroid dienone is 1. The summed E-state index contributed by atoms with van der Waals surface area (Å²) in [6.07, 6.45) is 7.30. The van der Waals surface area contributed by atoms with E-state index in [2.05, 4.69) is 38.1 Å². The van der Waals surface area contributed by atoms with Gasteiger partial charge >= 0.3 is 0 Å². The van der Waals surface area contributed by atoms with Crippen molar-refractivity contribution in [3.8, 4) is 0 Å². The largest absolute Gasteiger partial charge is 0.389 e. The summed E-state index contributed by atoms with van der Waals surface area (Å²) in [7, 11) is 0. The van der Waals surface area contributed by atoms with Crippen LogP contribution in [-0.2, 0) is 6.42 Å². The first-order chi connectivity index (χ1) is 8.16. The standard InChI is InChI=1S/C16H22O/c1-12-6-5-7-13(2)16(12)11-14-8-3-4-9-15(17)10-14/h5-7,10,15,17H,3-4,8-9,11H2,1-2H3. The number of benzene rings is 1. The smallest absolute Gasteiger partial charge is 0.0723 e. The van der Waals surface area contributed by atoms with E-state index in [1.807, 2.05) is 0 Å². The van der Waals surface area contributed by atoms with Crippen molar-refractivity contribution in [3.63, 3.8) is 0 Å². The van der Waals surface area contributed by atoms with Gasteiger partial charge in [-0.15, -0.1) is 0 Å². The van der Waals surface area contributed by atoms with Gasteiger partial charge in [-0.2, -0.15) is 0 Å². The number of rotatable bonds is 2. The maximum absolute atomic E-state index is 9.80. The van der Waals surface area contributed by atoms with Crippen LogP contribution in [0.5, 0.6) is 0 Å². The summed E-state index contributed by atoms with van der Waals surface area (Å²) in [5.41, 5.74) is 5.58. The molecule has 1 aliphatic rings. The Kier molecular flexibility index (Phi) is 4.01. The lowest BCUT2D eigenvalue weighted by Crippen LogP contribution is -2.02. The number of hydrogen-bond acceptors (Lipinski definition) is 1. The molecule has 17 heavy (non-hydrogen) atoms. The summed E-state index contributed by atoms with van der Waals surface area (Å²) in [6, 6.07) is 6.47. The Labute approximate surface area is 104 Å². The van der Waals surface area contributed by atoms with E-state index in [1.165, 1.54) is 28.7 Å². The zero-order valence-corrected chi connectivity index (χ0v) is 10.9. The predicted molar refractivity (Wildman–Crippen MR) is 72.2 cm³/mol. The minimum atomic E-state index is -0.225. The van der Waals surface area contributed by atoms with E-state index in [-0.39, 0.29) is 6.10 Å². The van der Waals surface area contributed by atoms with Crippen molar-refractivity contribution in [2.24, 2.45) is 0 Å². The fraction of sp³-hybridized carbons (Fsp3) is 0.500. The van der Waals surface area contributed by atoms with Crippen molar-refractivity contribution in [2.45, 2.75) is 52.1 Å².